The molecular formula is C32H9F4N13O. The van der Waals surface area contributed by atoms with E-state index in [-0.39, 0.29) is 72.6 Å². The van der Waals surface area contributed by atoms with E-state index in [0.29, 0.717) is 0 Å². The van der Waals surface area contributed by atoms with Crippen LogP contribution in [-0.2, 0) is 6.18 Å². The van der Waals surface area contributed by atoms with Gasteiger partial charge in [-0.3, -0.25) is 9.98 Å². The van der Waals surface area contributed by atoms with E-state index < -0.39 is 41.0 Å². The van der Waals surface area contributed by atoms with Crippen molar-refractivity contribution in [3.63, 3.8) is 0 Å². The van der Waals surface area contributed by atoms with Gasteiger partial charge in [-0.25, -0.2) is 34.3 Å². The molecule has 0 aliphatic carbocycles. The van der Waals surface area contributed by atoms with Gasteiger partial charge in [0.25, 0.3) is 5.89 Å². The predicted octanol–water partition coefficient (Wildman–Crippen LogP) is 2.64. The van der Waals surface area contributed by atoms with Gasteiger partial charge < -0.3 is 4.42 Å². The molecule has 0 fully saturated rings. The largest absolute Gasteiger partial charge is 0.434 e. The van der Waals surface area contributed by atoms with E-state index in [9.17, 15) is 43.9 Å². The predicted molar refractivity (Wildman–Crippen MR) is 155 cm³/mol. The van der Waals surface area contributed by atoms with Crippen LogP contribution in [0.1, 0.15) is 22.5 Å². The van der Waals surface area contributed by atoms with Gasteiger partial charge >= 0.3 is 6.18 Å². The summed E-state index contributed by atoms with van der Waals surface area (Å²) in [4.78, 5) is 34.1. The highest BCUT2D eigenvalue weighted by molar-refractivity contribution is 5.79. The average Bonchev–Trinajstić information content (AvgIpc) is 3.84. The number of allylic oxidation sites excluding steroid dienone is 1. The van der Waals surface area contributed by atoms with Crippen LogP contribution in [0.15, 0.2) is 72.7 Å². The number of oxazole rings is 1. The van der Waals surface area contributed by atoms with E-state index >= 15 is 0 Å². The lowest BCUT2D eigenvalue weighted by atomic mass is 10.1. The van der Waals surface area contributed by atoms with Gasteiger partial charge in [0.15, 0.2) is 35.1 Å². The van der Waals surface area contributed by atoms with Gasteiger partial charge in [-0.15, -0.1) is 0 Å². The molecule has 0 spiro atoms. The van der Waals surface area contributed by atoms with Crippen molar-refractivity contribution in [2.24, 2.45) is 25.9 Å². The summed E-state index contributed by atoms with van der Waals surface area (Å²) in [5.41, 5.74) is -1.88. The molecule has 5 aromatic rings. The Kier molecular flexibility index (Phi) is 7.10. The summed E-state index contributed by atoms with van der Waals surface area (Å²) >= 11 is 0. The van der Waals surface area contributed by atoms with Gasteiger partial charge in [0.05, 0.1) is 39.5 Å². The SMILES string of the molecule is N#C/C(=C1\N=c2cc(F)cc(C#N)c2=N1)c1nc(-c2nc3cc(C(F)(F)F)ccc3o2)nc(-c2ccc3c(c2C#N)=NC(C(C#N)C#N)N=3)n1. The number of rotatable bonds is 4. The molecule has 7 rings (SSSR count). The highest BCUT2D eigenvalue weighted by atomic mass is 19.4. The Morgan fingerprint density at radius 2 is 1.58 bits per heavy atom. The number of hydrogen-bond acceptors (Lipinski definition) is 14. The molecule has 50 heavy (non-hydrogen) atoms. The second-order valence-electron chi connectivity index (χ2n) is 10.3. The maximum absolute atomic E-state index is 14.2. The Balaban J connectivity index is 1.48. The number of nitrogens with zero attached hydrogens (tertiary/aromatic N) is 13. The molecule has 0 radical (unpaired) electrons. The minimum atomic E-state index is -4.67. The number of aromatic nitrogens is 4. The smallest absolute Gasteiger partial charge is 0.416 e. The van der Waals surface area contributed by atoms with Crippen LogP contribution in [0.5, 0.6) is 0 Å². The maximum atomic E-state index is 14.2. The van der Waals surface area contributed by atoms with Crippen molar-refractivity contribution in [3.8, 4) is 53.4 Å². The molecule has 18 heteroatoms. The molecule has 236 valence electrons. The van der Waals surface area contributed by atoms with Gasteiger partial charge in [0.1, 0.15) is 45.8 Å². The maximum Gasteiger partial charge on any atom is 0.416 e. The third-order valence-electron chi connectivity index (χ3n) is 7.34. The van der Waals surface area contributed by atoms with Crippen molar-refractivity contribution in [3.05, 3.63) is 98.0 Å². The van der Waals surface area contributed by atoms with Crippen molar-refractivity contribution in [1.82, 2.24) is 19.9 Å². The fourth-order valence-corrected chi connectivity index (χ4v) is 5.06. The van der Waals surface area contributed by atoms with E-state index in [1.165, 1.54) is 12.1 Å². The number of benzene rings is 3. The summed E-state index contributed by atoms with van der Waals surface area (Å²) in [6, 6.07) is 16.7. The second kappa shape index (κ2) is 11.5. The average molecular weight is 668 g/mol. The summed E-state index contributed by atoms with van der Waals surface area (Å²) in [6.07, 6.45) is -5.79. The lowest BCUT2D eigenvalue weighted by Crippen LogP contribution is -2.25. The molecule has 14 nitrogen and oxygen atoms in total. The summed E-state index contributed by atoms with van der Waals surface area (Å²) in [6.45, 7) is 0. The molecule has 0 N–H and O–H groups in total. The Labute approximate surface area is 274 Å². The van der Waals surface area contributed by atoms with Gasteiger partial charge in [-0.1, -0.05) is 0 Å². The van der Waals surface area contributed by atoms with E-state index in [1.54, 1.807) is 12.1 Å². The van der Waals surface area contributed by atoms with Gasteiger partial charge in [-0.2, -0.15) is 39.5 Å². The van der Waals surface area contributed by atoms with Crippen LogP contribution in [-0.4, -0.2) is 26.1 Å². The molecule has 0 amide bonds. The van der Waals surface area contributed by atoms with Crippen LogP contribution in [0, 0.1) is 68.4 Å². The first-order valence-electron chi connectivity index (χ1n) is 13.9. The highest BCUT2D eigenvalue weighted by Gasteiger charge is 2.32. The molecule has 1 unspecified atom stereocenters. The van der Waals surface area contributed by atoms with Crippen molar-refractivity contribution >= 4 is 16.7 Å². The molecule has 4 heterocycles. The van der Waals surface area contributed by atoms with Crippen molar-refractivity contribution in [1.29, 1.82) is 26.3 Å². The third kappa shape index (κ3) is 5.10. The summed E-state index contributed by atoms with van der Waals surface area (Å²) in [5.74, 6) is -3.74. The van der Waals surface area contributed by atoms with Crippen LogP contribution >= 0.6 is 0 Å². The zero-order chi connectivity index (χ0) is 35.3. The molecule has 2 aliphatic heterocycles. The number of halogens is 4. The number of hydrogen-bond donors (Lipinski definition) is 0. The Morgan fingerprint density at radius 1 is 0.800 bits per heavy atom. The Hall–Kier alpha value is -7.75. The van der Waals surface area contributed by atoms with Crippen molar-refractivity contribution in [2.45, 2.75) is 12.3 Å². The molecule has 0 bridgehead atoms. The second-order valence-corrected chi connectivity index (χ2v) is 10.3. The van der Waals surface area contributed by atoms with E-state index in [4.69, 9.17) is 4.42 Å². The quantitative estimate of drug-likeness (QED) is 0.201. The standard InChI is InChI=1S/C32H9F4N13O/c33-16-5-13(8-37)24-22(7-16)43-28(45-24)19(12-41)29-47-27(17-2-3-20-25(18(17)11-40)46-26(42-20)14(9-38)10-39)48-30(49-29)31-44-21-6-15(32(34,35)36)1-4-23(21)50-31/h1-7,14,26H/b28-19-. The van der Waals surface area contributed by atoms with Crippen LogP contribution in [0.4, 0.5) is 17.6 Å². The van der Waals surface area contributed by atoms with Crippen LogP contribution in [0.25, 0.3) is 39.8 Å². The van der Waals surface area contributed by atoms with Crippen LogP contribution in [0.2, 0.25) is 0 Å². The zero-order valence-electron chi connectivity index (χ0n) is 24.4. The lowest BCUT2D eigenvalue weighted by Gasteiger charge is -2.07. The first kappa shape index (κ1) is 30.9. The lowest BCUT2D eigenvalue weighted by molar-refractivity contribution is -0.137. The number of nitriles is 5. The molecule has 0 saturated carbocycles. The fraction of sp³-hybridized carbons (Fsp3) is 0.0938. The van der Waals surface area contributed by atoms with Crippen LogP contribution in [0.3, 0.4) is 0 Å². The normalized spacial score (nSPS) is 15.2. The Bertz CT molecular complexity index is 2850. The zero-order valence-corrected chi connectivity index (χ0v) is 24.4. The van der Waals surface area contributed by atoms with Gasteiger partial charge in [0, 0.05) is 11.6 Å². The van der Waals surface area contributed by atoms with Crippen molar-refractivity contribution in [2.75, 3.05) is 0 Å². The summed E-state index contributed by atoms with van der Waals surface area (Å²) in [7, 11) is 0. The topological polar surface area (TPSA) is 233 Å². The molecule has 2 aromatic heterocycles. The monoisotopic (exact) mass is 667 g/mol. The van der Waals surface area contributed by atoms with Crippen molar-refractivity contribution < 1.29 is 22.0 Å². The Morgan fingerprint density at radius 3 is 2.28 bits per heavy atom. The third-order valence-corrected chi connectivity index (χ3v) is 7.34. The van der Waals surface area contributed by atoms with E-state index in [0.717, 1.165) is 30.3 Å². The molecule has 3 aromatic carbocycles. The van der Waals surface area contributed by atoms with Crippen LogP contribution < -0.4 is 21.4 Å². The number of fused-ring (bicyclic) bond motifs is 3. The first-order valence-corrected chi connectivity index (χ1v) is 13.9. The summed E-state index contributed by atoms with van der Waals surface area (Å²) in [5, 5.41) is 48.8. The minimum Gasteiger partial charge on any atom is -0.434 e. The van der Waals surface area contributed by atoms with E-state index in [1.807, 2.05) is 18.2 Å². The summed E-state index contributed by atoms with van der Waals surface area (Å²) < 4.78 is 60.0. The van der Waals surface area contributed by atoms with Gasteiger partial charge in [-0.05, 0) is 36.4 Å². The first-order chi connectivity index (χ1) is 24.0. The minimum absolute atomic E-state index is 0.0103. The molecule has 0 saturated heterocycles. The highest BCUT2D eigenvalue weighted by Crippen LogP contribution is 2.33. The fourth-order valence-electron chi connectivity index (χ4n) is 5.06. The molecular weight excluding hydrogens is 658 g/mol. The van der Waals surface area contributed by atoms with E-state index in [2.05, 4.69) is 39.9 Å². The number of alkyl halides is 3. The van der Waals surface area contributed by atoms with Gasteiger partial charge in [0.2, 0.25) is 5.82 Å². The molecule has 1 atom stereocenters. The molecule has 2 aliphatic rings.